The molecule has 0 heterocycles. The van der Waals surface area contributed by atoms with Crippen LogP contribution in [0.4, 0.5) is 0 Å². The van der Waals surface area contributed by atoms with Crippen molar-refractivity contribution in [3.8, 4) is 0 Å². The molecule has 0 amide bonds. The maximum atomic E-state index is 8.55. The molecular weight excluding hydrogens is 132 g/mol. The van der Waals surface area contributed by atoms with Gasteiger partial charge in [-0.05, 0) is 13.8 Å². The van der Waals surface area contributed by atoms with Gasteiger partial charge in [0.1, 0.15) is 0 Å². The number of ether oxygens (including phenoxy) is 2. The zero-order chi connectivity index (χ0) is 7.98. The van der Waals surface area contributed by atoms with Gasteiger partial charge in [-0.25, -0.2) is 0 Å². The summed E-state index contributed by atoms with van der Waals surface area (Å²) in [5.41, 5.74) is 0. The molecule has 62 valence electrons. The van der Waals surface area contributed by atoms with Gasteiger partial charge in [0, 0.05) is 7.11 Å². The summed E-state index contributed by atoms with van der Waals surface area (Å²) in [6, 6.07) is 0. The van der Waals surface area contributed by atoms with E-state index in [4.69, 9.17) is 14.6 Å². The Balaban J connectivity index is 3.17. The number of hydrogen-bond acceptors (Lipinski definition) is 3. The molecule has 10 heavy (non-hydrogen) atoms. The molecule has 0 aromatic heterocycles. The van der Waals surface area contributed by atoms with Gasteiger partial charge in [-0.3, -0.25) is 0 Å². The first kappa shape index (κ1) is 9.88. The quantitative estimate of drug-likeness (QED) is 0.614. The van der Waals surface area contributed by atoms with Crippen molar-refractivity contribution in [1.29, 1.82) is 0 Å². The maximum absolute atomic E-state index is 8.55. The molecule has 3 nitrogen and oxygen atoms in total. The van der Waals surface area contributed by atoms with Crippen molar-refractivity contribution in [1.82, 2.24) is 0 Å². The topological polar surface area (TPSA) is 38.7 Å². The van der Waals surface area contributed by atoms with Gasteiger partial charge < -0.3 is 14.6 Å². The number of rotatable bonds is 5. The monoisotopic (exact) mass is 148 g/mol. The van der Waals surface area contributed by atoms with Crippen molar-refractivity contribution in [2.45, 2.75) is 26.1 Å². The van der Waals surface area contributed by atoms with E-state index in [0.717, 1.165) is 0 Å². The van der Waals surface area contributed by atoms with E-state index in [1.165, 1.54) is 0 Å². The summed E-state index contributed by atoms with van der Waals surface area (Å²) in [4.78, 5) is 0. The Morgan fingerprint density at radius 1 is 1.30 bits per heavy atom. The van der Waals surface area contributed by atoms with E-state index >= 15 is 0 Å². The minimum absolute atomic E-state index is 0.0659. The summed E-state index contributed by atoms with van der Waals surface area (Å²) in [6.07, 6.45) is 0.0200. The van der Waals surface area contributed by atoms with Crippen LogP contribution in [0.25, 0.3) is 0 Å². The number of aliphatic hydroxyl groups is 1. The Morgan fingerprint density at radius 3 is 2.30 bits per heavy atom. The summed E-state index contributed by atoms with van der Waals surface area (Å²) in [6.45, 7) is 4.35. The third kappa shape index (κ3) is 4.73. The van der Waals surface area contributed by atoms with Crippen molar-refractivity contribution in [3.63, 3.8) is 0 Å². The molecule has 0 aliphatic carbocycles. The molecule has 0 saturated heterocycles. The first-order valence-corrected chi connectivity index (χ1v) is 3.46. The first-order chi connectivity index (χ1) is 4.70. The molecule has 3 heteroatoms. The van der Waals surface area contributed by atoms with Gasteiger partial charge in [0.25, 0.3) is 0 Å². The zero-order valence-electron chi connectivity index (χ0n) is 6.83. The number of aliphatic hydroxyl groups excluding tert-OH is 1. The SMILES string of the molecule is CO[C@@H](C)CO[C@@H](C)CO. The molecule has 0 aliphatic heterocycles. The molecule has 2 atom stereocenters. The van der Waals surface area contributed by atoms with E-state index in [1.54, 1.807) is 7.11 Å². The fourth-order valence-electron chi connectivity index (χ4n) is 0.421. The van der Waals surface area contributed by atoms with Crippen LogP contribution in [0.3, 0.4) is 0 Å². The molecule has 0 bridgehead atoms. The van der Waals surface area contributed by atoms with Crippen LogP contribution >= 0.6 is 0 Å². The van der Waals surface area contributed by atoms with Crippen LogP contribution in [0.2, 0.25) is 0 Å². The molecule has 0 radical (unpaired) electrons. The second-order valence-corrected chi connectivity index (χ2v) is 2.37. The van der Waals surface area contributed by atoms with Gasteiger partial charge in [0.2, 0.25) is 0 Å². The smallest absolute Gasteiger partial charge is 0.0779 e. The Morgan fingerprint density at radius 2 is 1.90 bits per heavy atom. The fourth-order valence-corrected chi connectivity index (χ4v) is 0.421. The fraction of sp³-hybridized carbons (Fsp3) is 1.00. The van der Waals surface area contributed by atoms with Crippen LogP contribution in [0.5, 0.6) is 0 Å². The largest absolute Gasteiger partial charge is 0.394 e. The summed E-state index contributed by atoms with van der Waals surface area (Å²) >= 11 is 0. The average Bonchev–Trinajstić information content (AvgIpc) is 1.99. The van der Waals surface area contributed by atoms with Gasteiger partial charge >= 0.3 is 0 Å². The lowest BCUT2D eigenvalue weighted by molar-refractivity contribution is -0.0313. The van der Waals surface area contributed by atoms with Crippen molar-refractivity contribution in [3.05, 3.63) is 0 Å². The van der Waals surface area contributed by atoms with E-state index in [2.05, 4.69) is 0 Å². The summed E-state index contributed by atoms with van der Waals surface area (Å²) < 4.78 is 10.1. The molecule has 0 rings (SSSR count). The van der Waals surface area contributed by atoms with Crippen LogP contribution < -0.4 is 0 Å². The summed E-state index contributed by atoms with van der Waals surface area (Å²) in [5.74, 6) is 0. The third-order valence-electron chi connectivity index (χ3n) is 1.27. The lowest BCUT2D eigenvalue weighted by Crippen LogP contribution is -2.21. The van der Waals surface area contributed by atoms with Gasteiger partial charge in [-0.2, -0.15) is 0 Å². The van der Waals surface area contributed by atoms with Gasteiger partial charge in [-0.15, -0.1) is 0 Å². The van der Waals surface area contributed by atoms with Crippen molar-refractivity contribution in [2.75, 3.05) is 20.3 Å². The molecular formula is C7H16O3. The lowest BCUT2D eigenvalue weighted by atomic mass is 10.4. The molecule has 0 aromatic rings. The second kappa shape index (κ2) is 5.65. The van der Waals surface area contributed by atoms with Crippen molar-refractivity contribution < 1.29 is 14.6 Å². The molecule has 0 fully saturated rings. The highest BCUT2D eigenvalue weighted by atomic mass is 16.5. The molecule has 0 unspecified atom stereocenters. The van der Waals surface area contributed by atoms with Crippen LogP contribution in [0.15, 0.2) is 0 Å². The standard InChI is InChI=1S/C7H16O3/c1-6(4-8)10-5-7(2)9-3/h6-8H,4-5H2,1-3H3/t6-,7-/m0/s1. The van der Waals surface area contributed by atoms with Gasteiger partial charge in [0.05, 0.1) is 25.4 Å². The molecule has 0 aliphatic rings. The maximum Gasteiger partial charge on any atom is 0.0779 e. The Bertz CT molecular complexity index is 65.3. The highest BCUT2D eigenvalue weighted by molar-refractivity contribution is 4.49. The van der Waals surface area contributed by atoms with E-state index in [1.807, 2.05) is 13.8 Å². The Hall–Kier alpha value is -0.120. The van der Waals surface area contributed by atoms with Crippen molar-refractivity contribution in [2.24, 2.45) is 0 Å². The summed E-state index contributed by atoms with van der Waals surface area (Å²) in [7, 11) is 1.64. The van der Waals surface area contributed by atoms with Gasteiger partial charge in [0.15, 0.2) is 0 Å². The van der Waals surface area contributed by atoms with Crippen LogP contribution in [-0.2, 0) is 9.47 Å². The highest BCUT2D eigenvalue weighted by Gasteiger charge is 2.03. The van der Waals surface area contributed by atoms with Crippen LogP contribution in [0, 0.1) is 0 Å². The van der Waals surface area contributed by atoms with Crippen LogP contribution in [0.1, 0.15) is 13.8 Å². The minimum atomic E-state index is -0.0856. The Labute approximate surface area is 62.0 Å². The number of hydrogen-bond donors (Lipinski definition) is 1. The lowest BCUT2D eigenvalue weighted by Gasteiger charge is -2.13. The predicted octanol–water partition coefficient (Wildman–Crippen LogP) is 0.419. The first-order valence-electron chi connectivity index (χ1n) is 3.46. The van der Waals surface area contributed by atoms with E-state index in [0.29, 0.717) is 6.61 Å². The molecule has 0 spiro atoms. The van der Waals surface area contributed by atoms with E-state index in [9.17, 15) is 0 Å². The van der Waals surface area contributed by atoms with E-state index in [-0.39, 0.29) is 18.8 Å². The zero-order valence-corrected chi connectivity index (χ0v) is 6.83. The molecule has 1 N–H and O–H groups in total. The minimum Gasteiger partial charge on any atom is -0.394 e. The summed E-state index contributed by atoms with van der Waals surface area (Å²) in [5, 5.41) is 8.55. The average molecular weight is 148 g/mol. The third-order valence-corrected chi connectivity index (χ3v) is 1.27. The normalized spacial score (nSPS) is 16.8. The predicted molar refractivity (Wildman–Crippen MR) is 39.0 cm³/mol. The number of methoxy groups -OCH3 is 1. The van der Waals surface area contributed by atoms with E-state index < -0.39 is 0 Å². The van der Waals surface area contributed by atoms with Gasteiger partial charge in [-0.1, -0.05) is 0 Å². The van der Waals surface area contributed by atoms with Crippen LogP contribution in [-0.4, -0.2) is 37.6 Å². The molecule has 0 aromatic carbocycles. The molecule has 0 saturated carbocycles. The highest BCUT2D eigenvalue weighted by Crippen LogP contribution is 1.93. The second-order valence-electron chi connectivity index (χ2n) is 2.37. The van der Waals surface area contributed by atoms with Crippen molar-refractivity contribution >= 4 is 0 Å². The Kier molecular flexibility index (Phi) is 5.58.